The molecule has 1 atom stereocenters. The Bertz CT molecular complexity index is 1110. The van der Waals surface area contributed by atoms with Gasteiger partial charge in [-0.25, -0.2) is 4.39 Å². The molecule has 2 heterocycles. The third-order valence-electron chi connectivity index (χ3n) is 4.99. The van der Waals surface area contributed by atoms with Gasteiger partial charge in [0.2, 0.25) is 0 Å². The number of likely N-dealkylation sites (tertiary alicyclic amines) is 1. The number of aliphatic hydroxyl groups is 1. The number of carbonyl (C=O) groups excluding carboxylic acids is 2. The average molecular weight is 407 g/mol. The molecule has 1 fully saturated rings. The number of thiophene rings is 1. The molecular weight excluding hydrogens is 389 g/mol. The number of carbonyl (C=O) groups is 2. The third-order valence-corrected chi connectivity index (χ3v) is 5.85. The van der Waals surface area contributed by atoms with Gasteiger partial charge in [-0.3, -0.25) is 9.59 Å². The fraction of sp³-hybridized carbons (Fsp3) is 0.130. The molecule has 3 aromatic rings. The number of nitrogens with zero attached hydrogens (tertiary/aromatic N) is 1. The molecule has 1 amide bonds. The number of hydrogen-bond acceptors (Lipinski definition) is 4. The molecule has 1 aromatic heterocycles. The van der Waals surface area contributed by atoms with Crippen LogP contribution in [0.15, 0.2) is 71.6 Å². The summed E-state index contributed by atoms with van der Waals surface area (Å²) in [6.07, 6.45) is 0. The van der Waals surface area contributed by atoms with Gasteiger partial charge in [0.1, 0.15) is 11.6 Å². The first-order valence-corrected chi connectivity index (χ1v) is 9.97. The summed E-state index contributed by atoms with van der Waals surface area (Å²) in [6.45, 7) is 1.84. The van der Waals surface area contributed by atoms with Gasteiger partial charge in [-0.1, -0.05) is 36.4 Å². The Balaban J connectivity index is 1.87. The first-order chi connectivity index (χ1) is 14.0. The van der Waals surface area contributed by atoms with Crippen LogP contribution in [0.3, 0.4) is 0 Å². The first-order valence-electron chi connectivity index (χ1n) is 9.09. The second-order valence-electron chi connectivity index (χ2n) is 6.88. The van der Waals surface area contributed by atoms with Crippen molar-refractivity contribution in [3.05, 3.63) is 99.0 Å². The van der Waals surface area contributed by atoms with E-state index in [9.17, 15) is 19.1 Å². The van der Waals surface area contributed by atoms with Crippen LogP contribution in [0.5, 0.6) is 0 Å². The van der Waals surface area contributed by atoms with Crippen LogP contribution in [0.25, 0.3) is 5.76 Å². The van der Waals surface area contributed by atoms with Crippen LogP contribution >= 0.6 is 11.3 Å². The molecule has 1 aliphatic heterocycles. The van der Waals surface area contributed by atoms with Crippen LogP contribution in [0.4, 0.5) is 4.39 Å². The zero-order chi connectivity index (χ0) is 20.5. The van der Waals surface area contributed by atoms with Crippen LogP contribution in [-0.2, 0) is 16.1 Å². The van der Waals surface area contributed by atoms with E-state index >= 15 is 0 Å². The lowest BCUT2D eigenvalue weighted by molar-refractivity contribution is -0.140. The number of benzene rings is 2. The summed E-state index contributed by atoms with van der Waals surface area (Å²) in [4.78, 5) is 28.2. The molecule has 6 heteroatoms. The minimum Gasteiger partial charge on any atom is -0.507 e. The Morgan fingerprint density at radius 1 is 1.10 bits per heavy atom. The van der Waals surface area contributed by atoms with E-state index in [1.165, 1.54) is 34.4 Å². The van der Waals surface area contributed by atoms with E-state index in [4.69, 9.17) is 0 Å². The second-order valence-corrected chi connectivity index (χ2v) is 7.91. The van der Waals surface area contributed by atoms with Gasteiger partial charge in [0.25, 0.3) is 11.7 Å². The van der Waals surface area contributed by atoms with Gasteiger partial charge in [0.15, 0.2) is 0 Å². The van der Waals surface area contributed by atoms with Crippen molar-refractivity contribution in [3.8, 4) is 0 Å². The van der Waals surface area contributed by atoms with Crippen molar-refractivity contribution in [3.63, 3.8) is 0 Å². The van der Waals surface area contributed by atoms with Crippen LogP contribution in [0.2, 0.25) is 0 Å². The lowest BCUT2D eigenvalue weighted by Crippen LogP contribution is -2.28. The van der Waals surface area contributed by atoms with E-state index in [1.807, 2.05) is 47.8 Å². The summed E-state index contributed by atoms with van der Waals surface area (Å²) in [5.74, 6) is -2.10. The summed E-state index contributed by atoms with van der Waals surface area (Å²) in [5.41, 5.74) is 1.39. The quantitative estimate of drug-likeness (QED) is 0.383. The minimum absolute atomic E-state index is 0.0174. The Morgan fingerprint density at radius 3 is 2.52 bits per heavy atom. The van der Waals surface area contributed by atoms with Crippen molar-refractivity contribution < 1.29 is 19.1 Å². The molecule has 0 bridgehead atoms. The molecule has 29 heavy (non-hydrogen) atoms. The van der Waals surface area contributed by atoms with Gasteiger partial charge in [0.05, 0.1) is 18.2 Å². The predicted molar refractivity (Wildman–Crippen MR) is 110 cm³/mol. The molecule has 4 rings (SSSR count). The van der Waals surface area contributed by atoms with Gasteiger partial charge in [-0.05, 0) is 47.7 Å². The van der Waals surface area contributed by atoms with Gasteiger partial charge >= 0.3 is 0 Å². The Morgan fingerprint density at radius 2 is 1.86 bits per heavy atom. The number of amides is 1. The summed E-state index contributed by atoms with van der Waals surface area (Å²) < 4.78 is 13.7. The fourth-order valence-corrected chi connectivity index (χ4v) is 4.25. The van der Waals surface area contributed by atoms with Crippen LogP contribution < -0.4 is 0 Å². The maximum Gasteiger partial charge on any atom is 0.295 e. The maximum absolute atomic E-state index is 13.7. The van der Waals surface area contributed by atoms with E-state index in [2.05, 4.69) is 0 Å². The first kappa shape index (κ1) is 19.1. The van der Waals surface area contributed by atoms with Crippen LogP contribution in [0.1, 0.15) is 27.6 Å². The normalized spacial score (nSPS) is 18.4. The van der Waals surface area contributed by atoms with E-state index in [-0.39, 0.29) is 17.9 Å². The number of aryl methyl sites for hydroxylation is 1. The smallest absolute Gasteiger partial charge is 0.295 e. The minimum atomic E-state index is -0.741. The van der Waals surface area contributed by atoms with E-state index in [0.29, 0.717) is 11.1 Å². The predicted octanol–water partition coefficient (Wildman–Crippen LogP) is 4.82. The van der Waals surface area contributed by atoms with Crippen molar-refractivity contribution in [2.24, 2.45) is 0 Å². The van der Waals surface area contributed by atoms with Crippen molar-refractivity contribution in [1.82, 2.24) is 4.90 Å². The standard InChI is InChI=1S/C23H18FNO3S/c1-14-12-16(9-10-18(14)24)21(26)19-20(15-6-3-2-4-7-15)25(23(28)22(19)27)13-17-8-5-11-29-17/h2-12,20,26H,13H2,1H3/b21-19-. The lowest BCUT2D eigenvalue weighted by Gasteiger charge is -2.24. The van der Waals surface area contributed by atoms with Gasteiger partial charge in [0, 0.05) is 10.4 Å². The highest BCUT2D eigenvalue weighted by atomic mass is 32.1. The van der Waals surface area contributed by atoms with E-state index in [1.54, 1.807) is 6.92 Å². The number of halogens is 1. The molecule has 2 aromatic carbocycles. The average Bonchev–Trinajstić information content (AvgIpc) is 3.32. The SMILES string of the molecule is Cc1cc(/C(O)=C2/C(=O)C(=O)N(Cc3cccs3)C2c2ccccc2)ccc1F. The van der Waals surface area contributed by atoms with E-state index < -0.39 is 23.5 Å². The van der Waals surface area contributed by atoms with Gasteiger partial charge in [-0.15, -0.1) is 11.3 Å². The molecule has 0 spiro atoms. The molecular formula is C23H18FNO3S. The van der Waals surface area contributed by atoms with Crippen molar-refractivity contribution in [2.45, 2.75) is 19.5 Å². The Labute approximate surface area is 171 Å². The Kier molecular flexibility index (Phi) is 5.03. The number of Topliss-reactive ketones (excluding diaryl/α,β-unsaturated/α-hetero) is 1. The summed E-state index contributed by atoms with van der Waals surface area (Å²) >= 11 is 1.49. The van der Waals surface area contributed by atoms with Gasteiger partial charge < -0.3 is 10.0 Å². The van der Waals surface area contributed by atoms with Crippen LogP contribution in [-0.4, -0.2) is 21.7 Å². The zero-order valence-electron chi connectivity index (χ0n) is 15.6. The van der Waals surface area contributed by atoms with Crippen molar-refractivity contribution in [2.75, 3.05) is 0 Å². The number of ketones is 1. The topological polar surface area (TPSA) is 57.6 Å². The molecule has 0 aliphatic carbocycles. The maximum atomic E-state index is 13.7. The highest BCUT2D eigenvalue weighted by Gasteiger charge is 2.46. The van der Waals surface area contributed by atoms with Crippen molar-refractivity contribution in [1.29, 1.82) is 0 Å². The molecule has 0 saturated carbocycles. The molecule has 1 N–H and O–H groups in total. The molecule has 146 valence electrons. The molecule has 1 unspecified atom stereocenters. The Hall–Kier alpha value is -3.25. The highest BCUT2D eigenvalue weighted by molar-refractivity contribution is 7.09. The fourth-order valence-electron chi connectivity index (χ4n) is 3.54. The molecule has 4 nitrogen and oxygen atoms in total. The van der Waals surface area contributed by atoms with Gasteiger partial charge in [-0.2, -0.15) is 0 Å². The van der Waals surface area contributed by atoms with Crippen LogP contribution in [0, 0.1) is 12.7 Å². The van der Waals surface area contributed by atoms with E-state index in [0.717, 1.165) is 10.4 Å². The third kappa shape index (κ3) is 3.47. The molecule has 1 saturated heterocycles. The van der Waals surface area contributed by atoms with Crippen molar-refractivity contribution >= 4 is 28.8 Å². The lowest BCUT2D eigenvalue weighted by atomic mass is 9.95. The molecule has 1 aliphatic rings. The second kappa shape index (κ2) is 7.64. The number of aliphatic hydroxyl groups excluding tert-OH is 1. The summed E-state index contributed by atoms with van der Waals surface area (Å²) in [5, 5.41) is 12.9. The number of hydrogen-bond donors (Lipinski definition) is 1. The summed E-state index contributed by atoms with van der Waals surface area (Å²) in [7, 11) is 0. The largest absolute Gasteiger partial charge is 0.507 e. The molecule has 0 radical (unpaired) electrons. The summed E-state index contributed by atoms with van der Waals surface area (Å²) in [6, 6.07) is 16.3. The number of rotatable bonds is 4. The monoisotopic (exact) mass is 407 g/mol. The zero-order valence-corrected chi connectivity index (χ0v) is 16.4. The highest BCUT2D eigenvalue weighted by Crippen LogP contribution is 2.40.